The van der Waals surface area contributed by atoms with Crippen LogP contribution in [-0.2, 0) is 9.59 Å². The van der Waals surface area contributed by atoms with Crippen molar-refractivity contribution in [2.45, 2.75) is 46.5 Å². The molecular formula is C14H30ClN3O2. The fourth-order valence-corrected chi connectivity index (χ4v) is 1.74. The van der Waals surface area contributed by atoms with Crippen molar-refractivity contribution in [1.82, 2.24) is 10.2 Å². The van der Waals surface area contributed by atoms with Gasteiger partial charge in [-0.05, 0) is 24.8 Å². The first-order valence-corrected chi connectivity index (χ1v) is 7.03. The Bertz CT molecular complexity index is 296. The Kier molecular flexibility index (Phi) is 11.7. The van der Waals surface area contributed by atoms with E-state index in [1.165, 1.54) is 0 Å². The van der Waals surface area contributed by atoms with E-state index < -0.39 is 0 Å². The predicted molar refractivity (Wildman–Crippen MR) is 84.9 cm³/mol. The van der Waals surface area contributed by atoms with E-state index in [4.69, 9.17) is 5.73 Å². The minimum Gasteiger partial charge on any atom is -0.356 e. The molecule has 0 unspecified atom stereocenters. The number of hydrogen-bond acceptors (Lipinski definition) is 3. The number of nitrogens with two attached hydrogens (primary N) is 1. The van der Waals surface area contributed by atoms with Crippen LogP contribution in [0.15, 0.2) is 0 Å². The van der Waals surface area contributed by atoms with E-state index >= 15 is 0 Å². The van der Waals surface area contributed by atoms with Crippen LogP contribution in [0.5, 0.6) is 0 Å². The highest BCUT2D eigenvalue weighted by Crippen LogP contribution is 2.14. The van der Waals surface area contributed by atoms with Crippen LogP contribution in [0.4, 0.5) is 0 Å². The molecule has 0 radical (unpaired) electrons. The zero-order chi connectivity index (χ0) is 14.9. The molecule has 2 amide bonds. The van der Waals surface area contributed by atoms with E-state index in [9.17, 15) is 9.59 Å². The Morgan fingerprint density at radius 1 is 1.25 bits per heavy atom. The zero-order valence-electron chi connectivity index (χ0n) is 13.2. The number of nitrogens with one attached hydrogen (secondary N) is 1. The summed E-state index contributed by atoms with van der Waals surface area (Å²) in [6.07, 6.45) is 2.36. The third-order valence-electron chi connectivity index (χ3n) is 3.01. The fraction of sp³-hybridized carbons (Fsp3) is 0.857. The molecule has 0 spiro atoms. The van der Waals surface area contributed by atoms with Crippen molar-refractivity contribution in [3.63, 3.8) is 0 Å². The molecule has 6 heteroatoms. The molecule has 0 saturated carbocycles. The molecule has 0 aromatic heterocycles. The van der Waals surface area contributed by atoms with Crippen molar-refractivity contribution < 1.29 is 9.59 Å². The number of carbonyl (C=O) groups is 2. The topological polar surface area (TPSA) is 75.4 Å². The Morgan fingerprint density at radius 3 is 2.35 bits per heavy atom. The second-order valence-electron chi connectivity index (χ2n) is 5.82. The average molecular weight is 308 g/mol. The van der Waals surface area contributed by atoms with Crippen molar-refractivity contribution in [3.8, 4) is 0 Å². The Balaban J connectivity index is 0. The van der Waals surface area contributed by atoms with Crippen LogP contribution in [0.25, 0.3) is 0 Å². The predicted octanol–water partition coefficient (Wildman–Crippen LogP) is 1.55. The highest BCUT2D eigenvalue weighted by Gasteiger charge is 2.20. The summed E-state index contributed by atoms with van der Waals surface area (Å²) in [6.45, 7) is 7.98. The summed E-state index contributed by atoms with van der Waals surface area (Å²) in [5.41, 5.74) is 5.58. The highest BCUT2D eigenvalue weighted by atomic mass is 35.5. The van der Waals surface area contributed by atoms with Crippen LogP contribution in [0.3, 0.4) is 0 Å². The minimum absolute atomic E-state index is 0. The maximum atomic E-state index is 11.9. The van der Waals surface area contributed by atoms with Crippen molar-refractivity contribution in [3.05, 3.63) is 0 Å². The molecule has 0 rings (SSSR count). The van der Waals surface area contributed by atoms with E-state index in [2.05, 4.69) is 5.32 Å². The van der Waals surface area contributed by atoms with Crippen molar-refractivity contribution in [2.75, 3.05) is 26.7 Å². The lowest BCUT2D eigenvalue weighted by atomic mass is 9.93. The van der Waals surface area contributed by atoms with Crippen molar-refractivity contribution in [1.29, 1.82) is 0 Å². The Labute approximate surface area is 129 Å². The van der Waals surface area contributed by atoms with Gasteiger partial charge in [0.05, 0.1) is 0 Å². The smallest absolute Gasteiger partial charge is 0.222 e. The Hall–Kier alpha value is -0.810. The Morgan fingerprint density at radius 2 is 1.85 bits per heavy atom. The molecule has 0 aliphatic heterocycles. The van der Waals surface area contributed by atoms with E-state index in [1.54, 1.807) is 11.9 Å². The lowest BCUT2D eigenvalue weighted by Gasteiger charge is -2.29. The second kappa shape index (κ2) is 10.9. The summed E-state index contributed by atoms with van der Waals surface area (Å²) < 4.78 is 0. The third-order valence-corrected chi connectivity index (χ3v) is 3.01. The van der Waals surface area contributed by atoms with Gasteiger partial charge in [0.25, 0.3) is 0 Å². The number of halogens is 1. The molecule has 0 aromatic carbocycles. The van der Waals surface area contributed by atoms with Gasteiger partial charge in [-0.15, -0.1) is 12.4 Å². The summed E-state index contributed by atoms with van der Waals surface area (Å²) in [6, 6.07) is 0. The van der Waals surface area contributed by atoms with Gasteiger partial charge in [-0.3, -0.25) is 9.59 Å². The highest BCUT2D eigenvalue weighted by molar-refractivity contribution is 5.85. The maximum Gasteiger partial charge on any atom is 0.222 e. The van der Waals surface area contributed by atoms with Gasteiger partial charge in [0.15, 0.2) is 0 Å². The first-order valence-electron chi connectivity index (χ1n) is 7.03. The van der Waals surface area contributed by atoms with Crippen LogP contribution in [-0.4, -0.2) is 43.4 Å². The molecule has 0 atom stereocenters. The standard InChI is InChI=1S/C14H29N3O2.ClH/c1-5-9-16-12(18)7-6-8-13(19)17(4)11-14(2,3)10-15;/h5-11,15H2,1-4H3,(H,16,18);1H. The molecule has 0 fully saturated rings. The molecule has 0 aromatic rings. The molecule has 0 aliphatic carbocycles. The average Bonchev–Trinajstić information content (AvgIpc) is 2.35. The summed E-state index contributed by atoms with van der Waals surface area (Å²) in [5, 5.41) is 2.80. The molecule has 0 aliphatic rings. The molecular weight excluding hydrogens is 278 g/mol. The van der Waals surface area contributed by atoms with Gasteiger partial charge in [0, 0.05) is 33.0 Å². The van der Waals surface area contributed by atoms with Gasteiger partial charge in [-0.1, -0.05) is 20.8 Å². The van der Waals surface area contributed by atoms with E-state index in [-0.39, 0.29) is 29.6 Å². The normalized spacial score (nSPS) is 10.7. The molecule has 120 valence electrons. The fourth-order valence-electron chi connectivity index (χ4n) is 1.74. The van der Waals surface area contributed by atoms with Gasteiger partial charge in [0.1, 0.15) is 0 Å². The van der Waals surface area contributed by atoms with Gasteiger partial charge in [0.2, 0.25) is 11.8 Å². The zero-order valence-corrected chi connectivity index (χ0v) is 14.0. The largest absolute Gasteiger partial charge is 0.356 e. The molecule has 20 heavy (non-hydrogen) atoms. The van der Waals surface area contributed by atoms with E-state index in [0.717, 1.165) is 6.42 Å². The first-order chi connectivity index (χ1) is 8.82. The van der Waals surface area contributed by atoms with Gasteiger partial charge in [-0.25, -0.2) is 0 Å². The van der Waals surface area contributed by atoms with E-state index in [1.807, 2.05) is 20.8 Å². The quantitative estimate of drug-likeness (QED) is 0.678. The van der Waals surface area contributed by atoms with Crippen LogP contribution in [0.1, 0.15) is 46.5 Å². The van der Waals surface area contributed by atoms with Crippen LogP contribution >= 0.6 is 12.4 Å². The van der Waals surface area contributed by atoms with Crippen molar-refractivity contribution >= 4 is 24.2 Å². The number of rotatable bonds is 9. The summed E-state index contributed by atoms with van der Waals surface area (Å²) in [5.74, 6) is 0.101. The van der Waals surface area contributed by atoms with Crippen LogP contribution in [0.2, 0.25) is 0 Å². The number of carbonyl (C=O) groups excluding carboxylic acids is 2. The summed E-state index contributed by atoms with van der Waals surface area (Å²) >= 11 is 0. The van der Waals surface area contributed by atoms with Crippen molar-refractivity contribution in [2.24, 2.45) is 11.1 Å². The summed E-state index contributed by atoms with van der Waals surface area (Å²) in [4.78, 5) is 25.0. The molecule has 0 saturated heterocycles. The number of hydrogen-bond donors (Lipinski definition) is 2. The minimum atomic E-state index is -0.0666. The lowest BCUT2D eigenvalue weighted by molar-refractivity contribution is -0.131. The van der Waals surface area contributed by atoms with Gasteiger partial charge >= 0.3 is 0 Å². The monoisotopic (exact) mass is 307 g/mol. The lowest BCUT2D eigenvalue weighted by Crippen LogP contribution is -2.39. The maximum absolute atomic E-state index is 11.9. The summed E-state index contributed by atoms with van der Waals surface area (Å²) in [7, 11) is 1.79. The molecule has 0 heterocycles. The van der Waals surface area contributed by atoms with E-state index in [0.29, 0.717) is 38.9 Å². The molecule has 0 bridgehead atoms. The second-order valence-corrected chi connectivity index (χ2v) is 5.82. The van der Waals surface area contributed by atoms with Crippen LogP contribution in [0, 0.1) is 5.41 Å². The number of nitrogens with zero attached hydrogens (tertiary/aromatic N) is 1. The van der Waals surface area contributed by atoms with Gasteiger partial charge < -0.3 is 16.0 Å². The number of amides is 2. The SMILES string of the molecule is CCCNC(=O)CCCC(=O)N(C)CC(C)(C)CN.Cl. The first kappa shape index (κ1) is 21.5. The van der Waals surface area contributed by atoms with Gasteiger partial charge in [-0.2, -0.15) is 0 Å². The third kappa shape index (κ3) is 10.0. The molecule has 5 nitrogen and oxygen atoms in total. The molecule has 3 N–H and O–H groups in total. The van der Waals surface area contributed by atoms with Crippen LogP contribution < -0.4 is 11.1 Å².